The van der Waals surface area contributed by atoms with E-state index in [-0.39, 0.29) is 0 Å². The van der Waals surface area contributed by atoms with Crippen LogP contribution in [0.2, 0.25) is 0 Å². The Bertz CT molecular complexity index is 182. The zero-order chi connectivity index (χ0) is 13.8. The number of unbranched alkanes of at least 4 members (excludes halogenated alkanes) is 7. The van der Waals surface area contributed by atoms with Gasteiger partial charge in [-0.2, -0.15) is 0 Å². The minimum atomic E-state index is 0.840. The zero-order valence-electron chi connectivity index (χ0n) is 13.6. The van der Waals surface area contributed by atoms with E-state index < -0.39 is 0 Å². The molecule has 1 saturated carbocycles. The first kappa shape index (κ1) is 17.0. The molecule has 0 aromatic carbocycles. The van der Waals surface area contributed by atoms with Crippen LogP contribution < -0.4 is 5.32 Å². The van der Waals surface area contributed by atoms with Crippen molar-refractivity contribution in [2.24, 2.45) is 5.92 Å². The molecule has 0 aromatic heterocycles. The highest BCUT2D eigenvalue weighted by Crippen LogP contribution is 2.26. The minimum absolute atomic E-state index is 0.840. The fourth-order valence-corrected chi connectivity index (χ4v) is 3.34. The van der Waals surface area contributed by atoms with Crippen molar-refractivity contribution in [2.75, 3.05) is 6.54 Å². The monoisotopic (exact) mass is 267 g/mol. The molecule has 1 N–H and O–H groups in total. The summed E-state index contributed by atoms with van der Waals surface area (Å²) < 4.78 is 0. The Hall–Kier alpha value is -0.0400. The van der Waals surface area contributed by atoms with E-state index >= 15 is 0 Å². The smallest absolute Gasteiger partial charge is 0.00672 e. The van der Waals surface area contributed by atoms with Gasteiger partial charge in [0.05, 0.1) is 0 Å². The summed E-state index contributed by atoms with van der Waals surface area (Å²) in [5.41, 5.74) is 0. The van der Waals surface area contributed by atoms with Crippen molar-refractivity contribution in [2.45, 2.75) is 103 Å². The predicted octanol–water partition coefficient (Wildman–Crippen LogP) is 5.69. The Morgan fingerprint density at radius 3 is 1.89 bits per heavy atom. The van der Waals surface area contributed by atoms with Crippen LogP contribution in [-0.4, -0.2) is 12.6 Å². The van der Waals surface area contributed by atoms with Crippen LogP contribution in [0.4, 0.5) is 0 Å². The predicted molar refractivity (Wildman–Crippen MR) is 86.6 cm³/mol. The summed E-state index contributed by atoms with van der Waals surface area (Å²) in [5, 5.41) is 3.78. The molecule has 1 aliphatic carbocycles. The molecule has 0 radical (unpaired) electrons. The summed E-state index contributed by atoms with van der Waals surface area (Å²) in [6.07, 6.45) is 18.6. The third kappa shape index (κ3) is 8.68. The third-order valence-corrected chi connectivity index (χ3v) is 4.89. The fourth-order valence-electron chi connectivity index (χ4n) is 3.34. The van der Waals surface area contributed by atoms with Gasteiger partial charge in [0, 0.05) is 6.04 Å². The van der Waals surface area contributed by atoms with Gasteiger partial charge in [0.15, 0.2) is 0 Å². The van der Waals surface area contributed by atoms with Crippen molar-refractivity contribution in [3.8, 4) is 0 Å². The molecular weight excluding hydrogens is 230 g/mol. The molecule has 1 heteroatoms. The van der Waals surface area contributed by atoms with Gasteiger partial charge in [0.25, 0.3) is 0 Å². The van der Waals surface area contributed by atoms with Crippen molar-refractivity contribution in [3.63, 3.8) is 0 Å². The summed E-state index contributed by atoms with van der Waals surface area (Å²) in [6.45, 7) is 5.90. The highest BCUT2D eigenvalue weighted by atomic mass is 14.9. The van der Waals surface area contributed by atoms with Gasteiger partial charge in [-0.3, -0.25) is 0 Å². The van der Waals surface area contributed by atoms with Crippen molar-refractivity contribution in [3.05, 3.63) is 0 Å². The highest BCUT2D eigenvalue weighted by Gasteiger charge is 2.18. The van der Waals surface area contributed by atoms with E-state index in [0.717, 1.165) is 12.0 Å². The van der Waals surface area contributed by atoms with Gasteiger partial charge in [0.2, 0.25) is 0 Å². The Morgan fingerprint density at radius 1 is 0.737 bits per heavy atom. The summed E-state index contributed by atoms with van der Waals surface area (Å²) in [7, 11) is 0. The molecule has 1 aliphatic rings. The Labute approximate surface area is 121 Å². The maximum absolute atomic E-state index is 3.78. The first-order valence-electron chi connectivity index (χ1n) is 9.10. The van der Waals surface area contributed by atoms with Crippen molar-refractivity contribution < 1.29 is 0 Å². The molecule has 1 nitrogen and oxygen atoms in total. The molecule has 0 heterocycles. The molecule has 0 amide bonds. The summed E-state index contributed by atoms with van der Waals surface area (Å²) in [4.78, 5) is 0. The second kappa shape index (κ2) is 11.8. The number of rotatable bonds is 11. The van der Waals surface area contributed by atoms with Gasteiger partial charge in [-0.15, -0.1) is 0 Å². The van der Waals surface area contributed by atoms with Crippen LogP contribution in [0.3, 0.4) is 0 Å². The van der Waals surface area contributed by atoms with E-state index in [1.807, 2.05) is 0 Å². The van der Waals surface area contributed by atoms with Crippen LogP contribution in [-0.2, 0) is 0 Å². The van der Waals surface area contributed by atoms with Gasteiger partial charge in [-0.05, 0) is 44.6 Å². The molecule has 0 spiro atoms. The van der Waals surface area contributed by atoms with Crippen LogP contribution in [0.1, 0.15) is 97.3 Å². The molecular formula is C18H37N. The molecule has 0 atom stereocenters. The molecule has 114 valence electrons. The van der Waals surface area contributed by atoms with Gasteiger partial charge < -0.3 is 5.32 Å². The first-order valence-corrected chi connectivity index (χ1v) is 9.10. The number of hydrogen-bond donors (Lipinski definition) is 1. The molecule has 0 aliphatic heterocycles. The Balaban J connectivity index is 1.81. The number of hydrogen-bond acceptors (Lipinski definition) is 1. The van der Waals surface area contributed by atoms with E-state index in [1.165, 1.54) is 90.0 Å². The van der Waals surface area contributed by atoms with E-state index in [9.17, 15) is 0 Å². The molecule has 1 rings (SSSR count). The van der Waals surface area contributed by atoms with Crippen LogP contribution >= 0.6 is 0 Å². The molecule has 19 heavy (non-hydrogen) atoms. The van der Waals surface area contributed by atoms with Crippen molar-refractivity contribution in [1.29, 1.82) is 0 Å². The largest absolute Gasteiger partial charge is 0.314 e. The lowest BCUT2D eigenvalue weighted by molar-refractivity contribution is 0.285. The van der Waals surface area contributed by atoms with E-state index in [4.69, 9.17) is 0 Å². The molecule has 0 bridgehead atoms. The molecule has 0 unspecified atom stereocenters. The van der Waals surface area contributed by atoms with Crippen molar-refractivity contribution in [1.82, 2.24) is 5.32 Å². The van der Waals surface area contributed by atoms with E-state index in [1.54, 1.807) is 0 Å². The van der Waals surface area contributed by atoms with Gasteiger partial charge in [-0.25, -0.2) is 0 Å². The van der Waals surface area contributed by atoms with Gasteiger partial charge >= 0.3 is 0 Å². The van der Waals surface area contributed by atoms with Crippen LogP contribution in [0, 0.1) is 5.92 Å². The highest BCUT2D eigenvalue weighted by molar-refractivity contribution is 4.76. The lowest BCUT2D eigenvalue weighted by Gasteiger charge is -2.28. The normalized spacial score (nSPS) is 23.7. The first-order chi connectivity index (χ1) is 9.36. The third-order valence-electron chi connectivity index (χ3n) is 4.89. The van der Waals surface area contributed by atoms with Crippen molar-refractivity contribution >= 4 is 0 Å². The Kier molecular flexibility index (Phi) is 10.5. The quantitative estimate of drug-likeness (QED) is 0.474. The lowest BCUT2D eigenvalue weighted by atomic mass is 9.84. The van der Waals surface area contributed by atoms with Crippen LogP contribution in [0.15, 0.2) is 0 Å². The van der Waals surface area contributed by atoms with Crippen LogP contribution in [0.25, 0.3) is 0 Å². The molecule has 1 fully saturated rings. The Morgan fingerprint density at radius 2 is 1.32 bits per heavy atom. The summed E-state index contributed by atoms with van der Waals surface area (Å²) in [6, 6.07) is 0.840. The van der Waals surface area contributed by atoms with E-state index in [0.29, 0.717) is 0 Å². The maximum Gasteiger partial charge on any atom is 0.00672 e. The summed E-state index contributed by atoms with van der Waals surface area (Å²) >= 11 is 0. The average molecular weight is 268 g/mol. The van der Waals surface area contributed by atoms with E-state index in [2.05, 4.69) is 19.2 Å². The molecule has 0 saturated heterocycles. The zero-order valence-corrected chi connectivity index (χ0v) is 13.6. The SMILES string of the molecule is CCCCCCCCCCNC1CCC(CC)CC1. The fraction of sp³-hybridized carbons (Fsp3) is 1.00. The average Bonchev–Trinajstić information content (AvgIpc) is 2.46. The van der Waals surface area contributed by atoms with Gasteiger partial charge in [0.1, 0.15) is 0 Å². The molecule has 0 aromatic rings. The maximum atomic E-state index is 3.78. The van der Waals surface area contributed by atoms with Gasteiger partial charge in [-0.1, -0.05) is 65.2 Å². The summed E-state index contributed by atoms with van der Waals surface area (Å²) in [5.74, 6) is 1.03. The lowest BCUT2D eigenvalue weighted by Crippen LogP contribution is -2.33. The second-order valence-electron chi connectivity index (χ2n) is 6.55. The van der Waals surface area contributed by atoms with Crippen LogP contribution in [0.5, 0.6) is 0 Å². The standard InChI is InChI=1S/C18H37N/c1-3-5-6-7-8-9-10-11-16-19-18-14-12-17(4-2)13-15-18/h17-19H,3-16H2,1-2H3. The second-order valence-corrected chi connectivity index (χ2v) is 6.55. The number of nitrogens with one attached hydrogen (secondary N) is 1. The minimum Gasteiger partial charge on any atom is -0.314 e. The topological polar surface area (TPSA) is 12.0 Å².